The van der Waals surface area contributed by atoms with Crippen LogP contribution >= 0.6 is 0 Å². The molecule has 0 radical (unpaired) electrons. The number of esters is 1. The monoisotopic (exact) mass is 273 g/mol. The Morgan fingerprint density at radius 3 is 2.47 bits per heavy atom. The van der Waals surface area contributed by atoms with Gasteiger partial charge in [0.15, 0.2) is 0 Å². The second-order valence-electron chi connectivity index (χ2n) is 4.01. The highest BCUT2D eigenvalue weighted by Gasteiger charge is 2.17. The maximum atomic E-state index is 11.5. The summed E-state index contributed by atoms with van der Waals surface area (Å²) in [5, 5.41) is 3.10. The molecule has 1 atom stereocenters. The Bertz CT molecular complexity index is 345. The van der Waals surface area contributed by atoms with E-state index in [1.807, 2.05) is 0 Å². The lowest BCUT2D eigenvalue weighted by Crippen LogP contribution is -2.39. The van der Waals surface area contributed by atoms with E-state index >= 15 is 0 Å². The van der Waals surface area contributed by atoms with E-state index in [9.17, 15) is 19.3 Å². The van der Waals surface area contributed by atoms with Gasteiger partial charge in [-0.25, -0.2) is 5.84 Å². The SMILES string of the molecule is CCOC(=O)[C@H](C)CCN(N)C(=O)CCC(=O)N=O. The van der Waals surface area contributed by atoms with Gasteiger partial charge in [-0.05, 0) is 13.3 Å². The van der Waals surface area contributed by atoms with Crippen LogP contribution < -0.4 is 5.84 Å². The zero-order valence-corrected chi connectivity index (χ0v) is 11.1. The Morgan fingerprint density at radius 2 is 1.95 bits per heavy atom. The predicted molar refractivity (Wildman–Crippen MR) is 66.4 cm³/mol. The molecule has 0 rings (SSSR count). The van der Waals surface area contributed by atoms with E-state index in [2.05, 4.69) is 5.18 Å². The lowest BCUT2D eigenvalue weighted by atomic mass is 10.1. The molecule has 0 spiro atoms. The Morgan fingerprint density at radius 1 is 1.32 bits per heavy atom. The maximum Gasteiger partial charge on any atom is 0.308 e. The van der Waals surface area contributed by atoms with Gasteiger partial charge >= 0.3 is 5.97 Å². The fraction of sp³-hybridized carbons (Fsp3) is 0.727. The molecule has 0 aliphatic rings. The van der Waals surface area contributed by atoms with Crippen LogP contribution in [0.25, 0.3) is 0 Å². The highest BCUT2D eigenvalue weighted by atomic mass is 16.5. The number of nitrogens with two attached hydrogens (primary N) is 1. The van der Waals surface area contributed by atoms with Crippen molar-refractivity contribution in [1.29, 1.82) is 0 Å². The molecule has 0 aromatic rings. The number of amides is 2. The van der Waals surface area contributed by atoms with Gasteiger partial charge in [-0.1, -0.05) is 6.92 Å². The van der Waals surface area contributed by atoms with Crippen molar-refractivity contribution in [3.63, 3.8) is 0 Å². The number of nitroso groups, excluding NO2 is 1. The molecular formula is C11H19N3O5. The van der Waals surface area contributed by atoms with Crippen molar-refractivity contribution in [3.05, 3.63) is 4.91 Å². The van der Waals surface area contributed by atoms with Crippen LogP contribution in [0.1, 0.15) is 33.1 Å². The largest absolute Gasteiger partial charge is 0.466 e. The van der Waals surface area contributed by atoms with Gasteiger partial charge in [0.1, 0.15) is 0 Å². The van der Waals surface area contributed by atoms with Gasteiger partial charge in [0.2, 0.25) is 5.91 Å². The molecule has 2 amide bonds. The topological polar surface area (TPSA) is 119 Å². The van der Waals surface area contributed by atoms with Gasteiger partial charge in [0, 0.05) is 24.6 Å². The van der Waals surface area contributed by atoms with E-state index in [4.69, 9.17) is 10.6 Å². The second-order valence-corrected chi connectivity index (χ2v) is 4.01. The van der Waals surface area contributed by atoms with Crippen LogP contribution in [-0.2, 0) is 19.1 Å². The molecule has 108 valence electrons. The molecule has 0 unspecified atom stereocenters. The second kappa shape index (κ2) is 9.15. The number of hydrazine groups is 1. The van der Waals surface area contributed by atoms with E-state index in [0.717, 1.165) is 5.01 Å². The van der Waals surface area contributed by atoms with E-state index < -0.39 is 11.8 Å². The highest BCUT2D eigenvalue weighted by Crippen LogP contribution is 2.06. The van der Waals surface area contributed by atoms with Gasteiger partial charge in [0.05, 0.1) is 12.5 Å². The van der Waals surface area contributed by atoms with Crippen LogP contribution in [0.15, 0.2) is 5.18 Å². The fourth-order valence-corrected chi connectivity index (χ4v) is 1.26. The molecule has 0 saturated heterocycles. The molecular weight excluding hydrogens is 254 g/mol. The van der Waals surface area contributed by atoms with Crippen LogP contribution in [0, 0.1) is 10.8 Å². The summed E-state index contributed by atoms with van der Waals surface area (Å²) in [4.78, 5) is 43.2. The summed E-state index contributed by atoms with van der Waals surface area (Å²) in [5.41, 5.74) is 0. The number of rotatable bonds is 8. The number of nitrogens with zero attached hydrogens (tertiary/aromatic N) is 2. The van der Waals surface area contributed by atoms with E-state index in [0.29, 0.717) is 13.0 Å². The van der Waals surface area contributed by atoms with Crippen molar-refractivity contribution >= 4 is 17.8 Å². The number of hydrogen-bond donors (Lipinski definition) is 1. The van der Waals surface area contributed by atoms with E-state index in [1.165, 1.54) is 0 Å². The summed E-state index contributed by atoms with van der Waals surface area (Å²) < 4.78 is 4.81. The molecule has 0 fully saturated rings. The van der Waals surface area contributed by atoms with E-state index in [1.54, 1.807) is 13.8 Å². The first kappa shape index (κ1) is 17.2. The van der Waals surface area contributed by atoms with Crippen LogP contribution in [0.2, 0.25) is 0 Å². The quantitative estimate of drug-likeness (QED) is 0.224. The average Bonchev–Trinajstić information content (AvgIpc) is 2.41. The van der Waals surface area contributed by atoms with Crippen molar-refractivity contribution < 1.29 is 19.1 Å². The van der Waals surface area contributed by atoms with Crippen LogP contribution in [0.5, 0.6) is 0 Å². The standard InChI is InChI=1S/C11H19N3O5/c1-3-19-11(17)8(2)6-7-14(12)10(16)5-4-9(15)13-18/h8H,3-7,12H2,1-2H3/t8-/m1/s1. The summed E-state index contributed by atoms with van der Waals surface area (Å²) in [6.07, 6.45) is -0.0702. The Balaban J connectivity index is 3.99. The molecule has 0 aliphatic heterocycles. The van der Waals surface area contributed by atoms with Crippen molar-refractivity contribution in [3.8, 4) is 0 Å². The Kier molecular flexibility index (Phi) is 8.27. The molecule has 0 aromatic carbocycles. The summed E-state index contributed by atoms with van der Waals surface area (Å²) in [5.74, 6) is 3.41. The minimum Gasteiger partial charge on any atom is -0.466 e. The third kappa shape index (κ3) is 7.24. The van der Waals surface area contributed by atoms with Gasteiger partial charge < -0.3 is 4.74 Å². The number of ether oxygens (including phenoxy) is 1. The molecule has 19 heavy (non-hydrogen) atoms. The molecule has 8 heteroatoms. The zero-order chi connectivity index (χ0) is 14.8. The summed E-state index contributed by atoms with van der Waals surface area (Å²) >= 11 is 0. The minimum absolute atomic E-state index is 0.168. The lowest BCUT2D eigenvalue weighted by Gasteiger charge is -2.18. The van der Waals surface area contributed by atoms with Crippen LogP contribution in [0.4, 0.5) is 0 Å². The molecule has 0 aliphatic carbocycles. The number of carbonyl (C=O) groups is 3. The molecule has 0 saturated carbocycles. The zero-order valence-electron chi connectivity index (χ0n) is 11.1. The fourth-order valence-electron chi connectivity index (χ4n) is 1.26. The van der Waals surface area contributed by atoms with Crippen LogP contribution in [0.3, 0.4) is 0 Å². The Labute approximate surface area is 111 Å². The first-order valence-electron chi connectivity index (χ1n) is 6.00. The van der Waals surface area contributed by atoms with Crippen molar-refractivity contribution in [2.45, 2.75) is 33.1 Å². The van der Waals surface area contributed by atoms with Gasteiger partial charge in [-0.15, -0.1) is 4.91 Å². The lowest BCUT2D eigenvalue weighted by molar-refractivity contribution is -0.148. The highest BCUT2D eigenvalue weighted by molar-refractivity contribution is 5.83. The normalized spacial score (nSPS) is 11.5. The number of hydrogen-bond acceptors (Lipinski definition) is 6. The summed E-state index contributed by atoms with van der Waals surface area (Å²) in [6.45, 7) is 3.86. The third-order valence-electron chi connectivity index (χ3n) is 2.47. The summed E-state index contributed by atoms with van der Waals surface area (Å²) in [6, 6.07) is 0. The smallest absolute Gasteiger partial charge is 0.308 e. The average molecular weight is 273 g/mol. The van der Waals surface area contributed by atoms with Gasteiger partial charge in [0.25, 0.3) is 5.91 Å². The first-order chi connectivity index (χ1) is 8.92. The predicted octanol–water partition coefficient (Wildman–Crippen LogP) is 0.351. The van der Waals surface area contributed by atoms with Crippen molar-refractivity contribution in [2.75, 3.05) is 13.2 Å². The molecule has 0 heterocycles. The number of carbonyl (C=O) groups excluding carboxylic acids is 3. The Hall–Kier alpha value is -1.83. The van der Waals surface area contributed by atoms with E-state index in [-0.39, 0.29) is 31.3 Å². The van der Waals surface area contributed by atoms with Crippen LogP contribution in [-0.4, -0.2) is 35.9 Å². The molecule has 0 aromatic heterocycles. The van der Waals surface area contributed by atoms with Gasteiger partial charge in [-0.2, -0.15) is 0 Å². The molecule has 2 N–H and O–H groups in total. The van der Waals surface area contributed by atoms with Crippen molar-refractivity contribution in [2.24, 2.45) is 16.9 Å². The third-order valence-corrected chi connectivity index (χ3v) is 2.47. The molecule has 0 bridgehead atoms. The van der Waals surface area contributed by atoms with Crippen molar-refractivity contribution in [1.82, 2.24) is 5.01 Å². The van der Waals surface area contributed by atoms with Gasteiger partial charge in [-0.3, -0.25) is 19.4 Å². The first-order valence-corrected chi connectivity index (χ1v) is 6.00. The maximum absolute atomic E-state index is 11.5. The minimum atomic E-state index is -0.887. The summed E-state index contributed by atoms with van der Waals surface area (Å²) in [7, 11) is 0. The molecule has 8 nitrogen and oxygen atoms in total.